The number of hydrogen-bond donors (Lipinski definition) is 0. The van der Waals surface area contributed by atoms with E-state index < -0.39 is 0 Å². The second kappa shape index (κ2) is 13.4. The van der Waals surface area contributed by atoms with Gasteiger partial charge in [0.05, 0.1) is 0 Å². The molecule has 1 spiro atoms. The molecule has 4 aromatic carbocycles. The van der Waals surface area contributed by atoms with Crippen LogP contribution < -0.4 is 0 Å². The van der Waals surface area contributed by atoms with Crippen molar-refractivity contribution in [2.75, 3.05) is 0 Å². The molecule has 4 aromatic rings. The lowest BCUT2D eigenvalue weighted by atomic mass is 9.45. The highest BCUT2D eigenvalue weighted by Gasteiger charge is 2.59. The first-order chi connectivity index (χ1) is 22.3. The summed E-state index contributed by atoms with van der Waals surface area (Å²) < 4.78 is 0. The van der Waals surface area contributed by atoms with E-state index in [1.807, 2.05) is 0 Å². The molecule has 0 fully saturated rings. The Labute approximate surface area is 279 Å². The van der Waals surface area contributed by atoms with Gasteiger partial charge in [-0.15, -0.1) is 0 Å². The van der Waals surface area contributed by atoms with Crippen molar-refractivity contribution in [3.8, 4) is 22.3 Å². The summed E-state index contributed by atoms with van der Waals surface area (Å²) in [5, 5.41) is 0. The quantitative estimate of drug-likeness (QED) is 0.132. The molecule has 236 valence electrons. The zero-order valence-electron chi connectivity index (χ0n) is 28.8. The van der Waals surface area contributed by atoms with Crippen molar-refractivity contribution in [3.05, 3.63) is 155 Å². The lowest BCUT2D eigenvalue weighted by molar-refractivity contribution is 0.0838. The van der Waals surface area contributed by atoms with Crippen LogP contribution in [0.5, 0.6) is 0 Å². The molecule has 0 saturated heterocycles. The summed E-state index contributed by atoms with van der Waals surface area (Å²) in [5.74, 6) is 0. The number of hydrogen-bond acceptors (Lipinski definition) is 0. The Morgan fingerprint density at radius 1 is 0.652 bits per heavy atom. The minimum absolute atomic E-state index is 0.0647. The first kappa shape index (κ1) is 32.1. The average Bonchev–Trinajstić information content (AvgIpc) is 3.17. The van der Waals surface area contributed by atoms with Gasteiger partial charge in [-0.3, -0.25) is 0 Å². The van der Waals surface area contributed by atoms with Gasteiger partial charge >= 0.3 is 0 Å². The van der Waals surface area contributed by atoms with Gasteiger partial charge in [-0.2, -0.15) is 0 Å². The Morgan fingerprint density at radius 2 is 1.28 bits per heavy atom. The smallest absolute Gasteiger partial charge is 0.0308 e. The molecule has 0 radical (unpaired) electrons. The van der Waals surface area contributed by atoms with Crippen LogP contribution in [0.3, 0.4) is 0 Å². The molecule has 0 heterocycles. The van der Waals surface area contributed by atoms with Crippen molar-refractivity contribution in [1.82, 2.24) is 0 Å². The molecule has 0 saturated carbocycles. The monoisotopic (exact) mass is 604 g/mol. The zero-order chi connectivity index (χ0) is 32.2. The summed E-state index contributed by atoms with van der Waals surface area (Å²) in [7, 11) is 0. The molecular formula is C46H52. The lowest BCUT2D eigenvalue weighted by Gasteiger charge is -2.57. The van der Waals surface area contributed by atoms with E-state index in [9.17, 15) is 0 Å². The van der Waals surface area contributed by atoms with Gasteiger partial charge in [0.2, 0.25) is 0 Å². The van der Waals surface area contributed by atoms with E-state index in [4.69, 9.17) is 0 Å². The Balaban J connectivity index is 1.52. The van der Waals surface area contributed by atoms with Crippen molar-refractivity contribution in [2.24, 2.45) is 10.8 Å². The van der Waals surface area contributed by atoms with E-state index in [0.717, 1.165) is 19.3 Å². The van der Waals surface area contributed by atoms with E-state index in [-0.39, 0.29) is 16.2 Å². The standard InChI is InChI=1S/C46H52/c1-6-7-8-9-16-37-23-27-39(28-24-37)41-18-13-20-43(33-41)46(42-19-12-17-40(32-42)38-25-21-35(2)22-26-38)31-11-10-29-44(4,5)45(46)30-14-15-36(3)34-45/h10,12-15,17-29,32-34H,6-9,11,16,30-31H2,1-5H3/t45-,46?/m0/s1. The number of aryl methyl sites for hydroxylation is 2. The molecule has 0 nitrogen and oxygen atoms in total. The molecule has 0 amide bonds. The molecule has 2 aliphatic rings. The van der Waals surface area contributed by atoms with Gasteiger partial charge in [0.25, 0.3) is 0 Å². The Morgan fingerprint density at radius 3 is 1.89 bits per heavy atom. The summed E-state index contributed by atoms with van der Waals surface area (Å²) in [6.45, 7) is 11.7. The first-order valence-corrected chi connectivity index (χ1v) is 17.7. The van der Waals surface area contributed by atoms with E-state index >= 15 is 0 Å². The van der Waals surface area contributed by atoms with Gasteiger partial charge in [-0.1, -0.05) is 179 Å². The fourth-order valence-electron chi connectivity index (χ4n) is 8.54. The van der Waals surface area contributed by atoms with E-state index in [0.29, 0.717) is 0 Å². The maximum absolute atomic E-state index is 2.64. The summed E-state index contributed by atoms with van der Waals surface area (Å²) in [6.07, 6.45) is 21.9. The largest absolute Gasteiger partial charge is 0.0879 e. The summed E-state index contributed by atoms with van der Waals surface area (Å²) in [5.41, 5.74) is 11.7. The molecule has 0 N–H and O–H groups in total. The fourth-order valence-corrected chi connectivity index (χ4v) is 8.54. The average molecular weight is 605 g/mol. The van der Waals surface area contributed by atoms with Crippen LogP contribution in [0.25, 0.3) is 22.3 Å². The Kier molecular flexibility index (Phi) is 9.37. The molecule has 0 bridgehead atoms. The van der Waals surface area contributed by atoms with Gasteiger partial charge in [-0.25, -0.2) is 0 Å². The summed E-state index contributed by atoms with van der Waals surface area (Å²) >= 11 is 0. The van der Waals surface area contributed by atoms with Crippen molar-refractivity contribution in [2.45, 2.75) is 91.4 Å². The highest BCUT2D eigenvalue weighted by atomic mass is 14.6. The van der Waals surface area contributed by atoms with E-state index in [1.165, 1.54) is 82.2 Å². The predicted octanol–water partition coefficient (Wildman–Crippen LogP) is 13.0. The van der Waals surface area contributed by atoms with Gasteiger partial charge in [0, 0.05) is 10.8 Å². The minimum atomic E-state index is -0.234. The van der Waals surface area contributed by atoms with Crippen molar-refractivity contribution >= 4 is 0 Å². The SMILES string of the molecule is CCCCCCc1ccc(-c2cccc(C3(c4cccc(-c5ccc(C)cc5)c4)CCC=CC(C)(C)[C@]34C=C(C)C=CC4)c2)cc1. The van der Waals surface area contributed by atoms with E-state index in [2.05, 4.69) is 162 Å². The zero-order valence-corrected chi connectivity index (χ0v) is 28.8. The highest BCUT2D eigenvalue weighted by molar-refractivity contribution is 5.69. The summed E-state index contributed by atoms with van der Waals surface area (Å²) in [6, 6.07) is 37.5. The van der Waals surface area contributed by atoms with Crippen molar-refractivity contribution in [3.63, 3.8) is 0 Å². The van der Waals surface area contributed by atoms with Crippen LogP contribution in [0, 0.1) is 17.8 Å². The number of unbranched alkanes of at least 4 members (excludes halogenated alkanes) is 3. The fraction of sp³-hybridized carbons (Fsp3) is 0.348. The summed E-state index contributed by atoms with van der Waals surface area (Å²) in [4.78, 5) is 0. The van der Waals surface area contributed by atoms with E-state index in [1.54, 1.807) is 0 Å². The third-order valence-corrected chi connectivity index (χ3v) is 11.1. The number of benzene rings is 4. The highest BCUT2D eigenvalue weighted by Crippen LogP contribution is 2.64. The molecule has 1 unspecified atom stereocenters. The van der Waals surface area contributed by atoms with Crippen LogP contribution in [0.4, 0.5) is 0 Å². The number of rotatable bonds is 9. The second-order valence-corrected chi connectivity index (χ2v) is 14.6. The van der Waals surface area contributed by atoms with Gasteiger partial charge in [0.15, 0.2) is 0 Å². The Hall–Kier alpha value is -3.90. The van der Waals surface area contributed by atoms with Gasteiger partial charge in [0.1, 0.15) is 0 Å². The molecule has 0 aliphatic heterocycles. The van der Waals surface area contributed by atoms with Crippen LogP contribution in [-0.4, -0.2) is 0 Å². The molecule has 2 atom stereocenters. The minimum Gasteiger partial charge on any atom is -0.0879 e. The van der Waals surface area contributed by atoms with Crippen molar-refractivity contribution in [1.29, 1.82) is 0 Å². The lowest BCUT2D eigenvalue weighted by Crippen LogP contribution is -2.53. The topological polar surface area (TPSA) is 0 Å². The normalized spacial score (nSPS) is 22.1. The Bertz CT molecular complexity index is 1730. The van der Waals surface area contributed by atoms with Crippen LogP contribution in [-0.2, 0) is 11.8 Å². The molecule has 46 heavy (non-hydrogen) atoms. The third kappa shape index (κ3) is 6.00. The molecule has 0 heteroatoms. The van der Waals surface area contributed by atoms with Crippen LogP contribution in [0.1, 0.15) is 94.9 Å². The molecule has 0 aromatic heterocycles. The van der Waals surface area contributed by atoms with Crippen molar-refractivity contribution < 1.29 is 0 Å². The predicted molar refractivity (Wildman–Crippen MR) is 199 cm³/mol. The molecular weight excluding hydrogens is 553 g/mol. The second-order valence-electron chi connectivity index (χ2n) is 14.6. The molecule has 6 rings (SSSR count). The van der Waals surface area contributed by atoms with Crippen LogP contribution >= 0.6 is 0 Å². The number of allylic oxidation sites excluding steroid dienone is 6. The first-order valence-electron chi connectivity index (χ1n) is 17.7. The van der Waals surface area contributed by atoms with Crippen LogP contribution in [0.15, 0.2) is 133 Å². The van der Waals surface area contributed by atoms with Crippen LogP contribution in [0.2, 0.25) is 0 Å². The maximum atomic E-state index is 2.64. The van der Waals surface area contributed by atoms with Gasteiger partial charge in [-0.05, 0) is 90.3 Å². The molecule has 2 aliphatic carbocycles. The maximum Gasteiger partial charge on any atom is 0.0308 e. The van der Waals surface area contributed by atoms with Gasteiger partial charge < -0.3 is 0 Å². The third-order valence-electron chi connectivity index (χ3n) is 11.1.